The van der Waals surface area contributed by atoms with Crippen LogP contribution in [-0.4, -0.2) is 56.9 Å². The summed E-state index contributed by atoms with van der Waals surface area (Å²) in [5.41, 5.74) is 0.535. The Morgan fingerprint density at radius 2 is 1.79 bits per heavy atom. The molecule has 0 aliphatic carbocycles. The van der Waals surface area contributed by atoms with Gasteiger partial charge in [0.2, 0.25) is 10.0 Å². The van der Waals surface area contributed by atoms with Crippen LogP contribution in [0.5, 0.6) is 0 Å². The zero-order chi connectivity index (χ0) is 20.9. The molecule has 3 amide bonds. The number of sulfonamides is 1. The number of nitrogens with one attached hydrogen (secondary N) is 2. The lowest BCUT2D eigenvalue weighted by atomic mass is 10.1. The van der Waals surface area contributed by atoms with Crippen LogP contribution in [0.2, 0.25) is 0 Å². The summed E-state index contributed by atoms with van der Waals surface area (Å²) in [5, 5.41) is 4.22. The maximum absolute atomic E-state index is 12.9. The molecule has 1 aromatic rings. The summed E-state index contributed by atoms with van der Waals surface area (Å²) < 4.78 is 32.3. The van der Waals surface area contributed by atoms with Gasteiger partial charge in [0.15, 0.2) is 6.10 Å². The molecule has 1 heterocycles. The third kappa shape index (κ3) is 5.08. The Morgan fingerprint density at radius 3 is 2.39 bits per heavy atom. The van der Waals surface area contributed by atoms with E-state index in [1.807, 2.05) is 5.32 Å². The zero-order valence-corrected chi connectivity index (χ0v) is 17.0. The summed E-state index contributed by atoms with van der Waals surface area (Å²) in [6, 6.07) is 3.52. The first-order chi connectivity index (χ1) is 13.2. The highest BCUT2D eigenvalue weighted by Crippen LogP contribution is 2.24. The van der Waals surface area contributed by atoms with Crippen LogP contribution >= 0.6 is 0 Å². The van der Waals surface area contributed by atoms with Gasteiger partial charge >= 0.3 is 12.0 Å². The van der Waals surface area contributed by atoms with Gasteiger partial charge in [0.1, 0.15) is 0 Å². The second-order valence-corrected chi connectivity index (χ2v) is 8.47. The van der Waals surface area contributed by atoms with Crippen molar-refractivity contribution < 1.29 is 27.5 Å². The molecule has 10 heteroatoms. The summed E-state index contributed by atoms with van der Waals surface area (Å²) in [6.07, 6.45) is 1.37. The van der Waals surface area contributed by atoms with E-state index >= 15 is 0 Å². The average molecular weight is 411 g/mol. The summed E-state index contributed by atoms with van der Waals surface area (Å²) in [5.74, 6) is -1.64. The minimum Gasteiger partial charge on any atom is -0.449 e. The van der Waals surface area contributed by atoms with E-state index in [-0.39, 0.29) is 10.5 Å². The monoisotopic (exact) mass is 411 g/mol. The van der Waals surface area contributed by atoms with Crippen LogP contribution in [0.15, 0.2) is 23.1 Å². The molecule has 0 unspecified atom stereocenters. The number of hydrogen-bond acceptors (Lipinski definition) is 6. The molecule has 1 aliphatic rings. The number of imide groups is 1. The molecule has 1 aromatic carbocycles. The van der Waals surface area contributed by atoms with Gasteiger partial charge in [-0.3, -0.25) is 10.1 Å². The molecule has 1 aliphatic heterocycles. The molecule has 1 fully saturated rings. The fourth-order valence-corrected chi connectivity index (χ4v) is 4.58. The van der Waals surface area contributed by atoms with Crippen LogP contribution in [0.3, 0.4) is 0 Å². The van der Waals surface area contributed by atoms with Gasteiger partial charge in [-0.15, -0.1) is 0 Å². The molecule has 1 saturated heterocycles. The number of piperidine rings is 1. The topological polar surface area (TPSA) is 122 Å². The predicted octanol–water partition coefficient (Wildman–Crippen LogP) is 1.17. The number of nitrogens with zero attached hydrogens (tertiary/aromatic N) is 1. The second kappa shape index (κ2) is 9.16. The third-order valence-corrected chi connectivity index (χ3v) is 6.51. The van der Waals surface area contributed by atoms with Gasteiger partial charge in [-0.05, 0) is 44.4 Å². The minimum atomic E-state index is -3.72. The number of hydrogen-bond donors (Lipinski definition) is 2. The van der Waals surface area contributed by atoms with Crippen molar-refractivity contribution in [3.63, 3.8) is 0 Å². The van der Waals surface area contributed by atoms with Crippen molar-refractivity contribution in [1.29, 1.82) is 0 Å². The van der Waals surface area contributed by atoms with Crippen LogP contribution in [-0.2, 0) is 19.6 Å². The summed E-state index contributed by atoms with van der Waals surface area (Å²) in [4.78, 5) is 35.4. The maximum Gasteiger partial charge on any atom is 0.338 e. The van der Waals surface area contributed by atoms with Gasteiger partial charge in [-0.25, -0.2) is 18.0 Å². The van der Waals surface area contributed by atoms with Crippen molar-refractivity contribution >= 4 is 27.9 Å². The van der Waals surface area contributed by atoms with Crippen molar-refractivity contribution in [1.82, 2.24) is 14.9 Å². The predicted molar refractivity (Wildman–Crippen MR) is 101 cm³/mol. The first-order valence-electron chi connectivity index (χ1n) is 9.01. The van der Waals surface area contributed by atoms with Gasteiger partial charge in [0.05, 0.1) is 10.5 Å². The number of carbonyl (C=O) groups is 3. The number of aryl methyl sites for hydroxylation is 1. The van der Waals surface area contributed by atoms with Crippen molar-refractivity contribution in [3.05, 3.63) is 29.3 Å². The van der Waals surface area contributed by atoms with E-state index in [9.17, 15) is 22.8 Å². The highest BCUT2D eigenvalue weighted by atomic mass is 32.2. The van der Waals surface area contributed by atoms with Crippen molar-refractivity contribution in [2.75, 3.05) is 20.1 Å². The molecule has 0 bridgehead atoms. The first-order valence-corrected chi connectivity index (χ1v) is 10.4. The Labute approximate surface area is 164 Å². The number of amides is 3. The van der Waals surface area contributed by atoms with Gasteiger partial charge < -0.3 is 10.1 Å². The molecule has 28 heavy (non-hydrogen) atoms. The van der Waals surface area contributed by atoms with Crippen molar-refractivity contribution in [3.8, 4) is 0 Å². The highest BCUT2D eigenvalue weighted by Gasteiger charge is 2.29. The van der Waals surface area contributed by atoms with Gasteiger partial charge in [-0.2, -0.15) is 4.31 Å². The minimum absolute atomic E-state index is 0.0146. The molecule has 2 rings (SSSR count). The molecule has 154 valence electrons. The Bertz CT molecular complexity index is 862. The van der Waals surface area contributed by atoms with Gasteiger partial charge in [0.25, 0.3) is 5.91 Å². The van der Waals surface area contributed by atoms with Crippen LogP contribution in [0.1, 0.15) is 42.1 Å². The smallest absolute Gasteiger partial charge is 0.338 e. The molecule has 9 nitrogen and oxygen atoms in total. The number of urea groups is 1. The molecule has 0 spiro atoms. The number of benzene rings is 1. The van der Waals surface area contributed by atoms with E-state index in [0.29, 0.717) is 18.7 Å². The molecule has 0 radical (unpaired) electrons. The Hall–Kier alpha value is -2.46. The number of carbonyl (C=O) groups excluding carboxylic acids is 3. The fourth-order valence-electron chi connectivity index (χ4n) is 2.81. The van der Waals surface area contributed by atoms with Gasteiger partial charge in [-0.1, -0.05) is 12.5 Å². The first kappa shape index (κ1) is 21.8. The zero-order valence-electron chi connectivity index (χ0n) is 16.1. The Kier molecular flexibility index (Phi) is 7.14. The SMILES string of the molecule is CNC(=O)NC(=O)[C@@H](C)OC(=O)c1ccc(C)c(S(=O)(=O)N2CCCCC2)c1. The van der Waals surface area contributed by atoms with Crippen LogP contribution in [0, 0.1) is 6.92 Å². The fraction of sp³-hybridized carbons (Fsp3) is 0.500. The van der Waals surface area contributed by atoms with E-state index in [2.05, 4.69) is 5.32 Å². The average Bonchev–Trinajstić information content (AvgIpc) is 2.68. The molecular formula is C18H25N3O6S. The lowest BCUT2D eigenvalue weighted by molar-refractivity contribution is -0.127. The summed E-state index contributed by atoms with van der Waals surface area (Å²) >= 11 is 0. The van der Waals surface area contributed by atoms with E-state index in [0.717, 1.165) is 19.3 Å². The van der Waals surface area contributed by atoms with Crippen LogP contribution in [0.4, 0.5) is 4.79 Å². The maximum atomic E-state index is 12.9. The standard InChI is InChI=1S/C18H25N3O6S/c1-12-7-8-14(17(23)27-13(2)16(22)20-18(24)19-3)11-15(12)28(25,26)21-9-5-4-6-10-21/h7-8,11,13H,4-6,9-10H2,1-3H3,(H2,19,20,22,24)/t13-/m1/s1. The van der Waals surface area contributed by atoms with Crippen LogP contribution in [0.25, 0.3) is 0 Å². The molecule has 1 atom stereocenters. The lowest BCUT2D eigenvalue weighted by Gasteiger charge is -2.26. The summed E-state index contributed by atoms with van der Waals surface area (Å²) in [7, 11) is -2.38. The Morgan fingerprint density at radius 1 is 1.14 bits per heavy atom. The van der Waals surface area contributed by atoms with E-state index in [1.165, 1.54) is 36.5 Å². The van der Waals surface area contributed by atoms with Crippen molar-refractivity contribution in [2.24, 2.45) is 0 Å². The molecular weight excluding hydrogens is 386 g/mol. The van der Waals surface area contributed by atoms with E-state index in [1.54, 1.807) is 6.92 Å². The second-order valence-electron chi connectivity index (χ2n) is 6.56. The number of ether oxygens (including phenoxy) is 1. The Balaban J connectivity index is 2.18. The third-order valence-electron chi connectivity index (χ3n) is 4.47. The normalized spacial score (nSPS) is 16.1. The summed E-state index contributed by atoms with van der Waals surface area (Å²) in [6.45, 7) is 3.88. The van der Waals surface area contributed by atoms with Gasteiger partial charge in [0, 0.05) is 20.1 Å². The largest absolute Gasteiger partial charge is 0.449 e. The molecule has 0 saturated carbocycles. The number of rotatable bonds is 5. The van der Waals surface area contributed by atoms with Crippen LogP contribution < -0.4 is 10.6 Å². The molecule has 0 aromatic heterocycles. The number of esters is 1. The van der Waals surface area contributed by atoms with E-state index in [4.69, 9.17) is 4.74 Å². The van der Waals surface area contributed by atoms with E-state index < -0.39 is 34.0 Å². The lowest BCUT2D eigenvalue weighted by Crippen LogP contribution is -2.43. The quantitative estimate of drug-likeness (QED) is 0.702. The van der Waals surface area contributed by atoms with Crippen molar-refractivity contribution in [2.45, 2.75) is 44.1 Å². The highest BCUT2D eigenvalue weighted by molar-refractivity contribution is 7.89. The molecule has 2 N–H and O–H groups in total.